The van der Waals surface area contributed by atoms with Crippen molar-refractivity contribution in [3.63, 3.8) is 0 Å². The van der Waals surface area contributed by atoms with Gasteiger partial charge in [-0.3, -0.25) is 0 Å². The van der Waals surface area contributed by atoms with Gasteiger partial charge in [0.2, 0.25) is 0 Å². The number of nitrogens with one attached hydrogen (secondary N) is 1. The summed E-state index contributed by atoms with van der Waals surface area (Å²) in [6.07, 6.45) is 1.12. The van der Waals surface area contributed by atoms with E-state index < -0.39 is 0 Å². The molecule has 1 rings (SSSR count). The molecule has 0 fully saturated rings. The molecule has 16 heavy (non-hydrogen) atoms. The van der Waals surface area contributed by atoms with Gasteiger partial charge >= 0.3 is 0 Å². The third kappa shape index (κ3) is 4.33. The summed E-state index contributed by atoms with van der Waals surface area (Å²) in [7, 11) is 1.77. The normalized spacial score (nSPS) is 14.7. The first-order valence-electron chi connectivity index (χ1n) is 6.05. The zero-order valence-corrected chi connectivity index (χ0v) is 10.6. The van der Waals surface area contributed by atoms with Gasteiger partial charge in [-0.1, -0.05) is 44.2 Å². The molecular weight excluding hydrogens is 198 g/mol. The van der Waals surface area contributed by atoms with E-state index in [-0.39, 0.29) is 0 Å². The Morgan fingerprint density at radius 1 is 1.25 bits per heavy atom. The predicted molar refractivity (Wildman–Crippen MR) is 68.5 cm³/mol. The van der Waals surface area contributed by atoms with Crippen LogP contribution in [0, 0.1) is 5.92 Å². The average Bonchev–Trinajstić information content (AvgIpc) is 2.30. The highest BCUT2D eigenvalue weighted by molar-refractivity contribution is 5.18. The summed E-state index contributed by atoms with van der Waals surface area (Å²) < 4.78 is 5.19. The number of rotatable bonds is 7. The van der Waals surface area contributed by atoms with Crippen molar-refractivity contribution in [2.75, 3.05) is 20.3 Å². The lowest BCUT2D eigenvalue weighted by atomic mass is 9.96. The second kappa shape index (κ2) is 7.42. The fourth-order valence-corrected chi connectivity index (χ4v) is 2.02. The Bertz CT molecular complexity index is 273. The number of methoxy groups -OCH3 is 1. The first-order valence-corrected chi connectivity index (χ1v) is 6.05. The lowest BCUT2D eigenvalue weighted by molar-refractivity contribution is 0.149. The molecule has 90 valence electrons. The summed E-state index contributed by atoms with van der Waals surface area (Å²) in [5.41, 5.74) is 1.37. The van der Waals surface area contributed by atoms with Crippen molar-refractivity contribution < 1.29 is 4.74 Å². The molecule has 2 unspecified atom stereocenters. The predicted octanol–water partition coefficient (Wildman–Crippen LogP) is 3.01. The molecule has 0 bridgehead atoms. The molecule has 0 saturated carbocycles. The fourth-order valence-electron chi connectivity index (χ4n) is 2.02. The molecule has 0 aromatic heterocycles. The number of benzene rings is 1. The van der Waals surface area contributed by atoms with Crippen LogP contribution in [0.3, 0.4) is 0 Å². The van der Waals surface area contributed by atoms with Gasteiger partial charge in [-0.2, -0.15) is 0 Å². The summed E-state index contributed by atoms with van der Waals surface area (Å²) in [6, 6.07) is 11.1. The molecule has 2 nitrogen and oxygen atoms in total. The van der Waals surface area contributed by atoms with Crippen molar-refractivity contribution in [1.29, 1.82) is 0 Å². The van der Waals surface area contributed by atoms with E-state index in [1.807, 2.05) is 0 Å². The molecule has 0 heterocycles. The molecule has 0 aliphatic carbocycles. The Morgan fingerprint density at radius 3 is 2.50 bits per heavy atom. The smallest absolute Gasteiger partial charge is 0.0488 e. The van der Waals surface area contributed by atoms with Crippen LogP contribution >= 0.6 is 0 Å². The van der Waals surface area contributed by atoms with Crippen molar-refractivity contribution in [1.82, 2.24) is 5.32 Å². The highest BCUT2D eigenvalue weighted by Gasteiger charge is 2.13. The second-order valence-electron chi connectivity index (χ2n) is 4.32. The van der Waals surface area contributed by atoms with Gasteiger partial charge in [0.05, 0.1) is 0 Å². The third-order valence-corrected chi connectivity index (χ3v) is 2.74. The topological polar surface area (TPSA) is 21.3 Å². The van der Waals surface area contributed by atoms with Gasteiger partial charge in [0.25, 0.3) is 0 Å². The lowest BCUT2D eigenvalue weighted by Gasteiger charge is -2.21. The molecule has 0 radical (unpaired) electrons. The Kier molecular flexibility index (Phi) is 6.12. The zero-order valence-electron chi connectivity index (χ0n) is 10.6. The number of hydrogen-bond acceptors (Lipinski definition) is 2. The molecule has 0 aliphatic rings. The Morgan fingerprint density at radius 2 is 1.94 bits per heavy atom. The molecule has 1 aromatic carbocycles. The second-order valence-corrected chi connectivity index (χ2v) is 4.32. The minimum atomic E-state index is 0.441. The minimum Gasteiger partial charge on any atom is -0.384 e. The number of hydrogen-bond donors (Lipinski definition) is 1. The van der Waals surface area contributed by atoms with E-state index in [4.69, 9.17) is 4.74 Å². The molecule has 0 amide bonds. The van der Waals surface area contributed by atoms with Crippen LogP contribution in [0.2, 0.25) is 0 Å². The van der Waals surface area contributed by atoms with E-state index >= 15 is 0 Å². The van der Waals surface area contributed by atoms with Crippen molar-refractivity contribution in [3.05, 3.63) is 35.9 Å². The van der Waals surface area contributed by atoms with E-state index in [9.17, 15) is 0 Å². The average molecular weight is 221 g/mol. The van der Waals surface area contributed by atoms with Gasteiger partial charge in [-0.25, -0.2) is 0 Å². The van der Waals surface area contributed by atoms with Crippen LogP contribution in [0.25, 0.3) is 0 Å². The first kappa shape index (κ1) is 13.2. The van der Waals surface area contributed by atoms with E-state index in [0.29, 0.717) is 12.0 Å². The maximum Gasteiger partial charge on any atom is 0.0488 e. The van der Waals surface area contributed by atoms with Gasteiger partial charge in [0.1, 0.15) is 0 Å². The molecule has 2 atom stereocenters. The quantitative estimate of drug-likeness (QED) is 0.764. The zero-order chi connectivity index (χ0) is 11.8. The molecular formula is C14H23NO. The molecule has 2 heteroatoms. The standard InChI is InChI=1S/C14H23NO/c1-4-15-14(10-12(2)11-16-3)13-8-6-5-7-9-13/h5-9,12,14-15H,4,10-11H2,1-3H3. The van der Waals surface area contributed by atoms with Crippen molar-refractivity contribution in [3.8, 4) is 0 Å². The van der Waals surface area contributed by atoms with Crippen LogP contribution in [0.15, 0.2) is 30.3 Å². The minimum absolute atomic E-state index is 0.441. The SMILES string of the molecule is CCNC(CC(C)COC)c1ccccc1. The van der Waals surface area contributed by atoms with Crippen LogP contribution in [0.5, 0.6) is 0 Å². The van der Waals surface area contributed by atoms with Crippen LogP contribution in [-0.2, 0) is 4.74 Å². The highest BCUT2D eigenvalue weighted by atomic mass is 16.5. The molecule has 1 N–H and O–H groups in total. The number of ether oxygens (including phenoxy) is 1. The Labute approximate surface area is 99.0 Å². The van der Waals surface area contributed by atoms with E-state index in [2.05, 4.69) is 49.5 Å². The van der Waals surface area contributed by atoms with Crippen LogP contribution < -0.4 is 5.32 Å². The van der Waals surface area contributed by atoms with E-state index in [1.54, 1.807) is 7.11 Å². The van der Waals surface area contributed by atoms with Gasteiger partial charge in [-0.15, -0.1) is 0 Å². The van der Waals surface area contributed by atoms with Gasteiger partial charge in [0, 0.05) is 19.8 Å². The molecule has 0 saturated heterocycles. The molecule has 1 aromatic rings. The fraction of sp³-hybridized carbons (Fsp3) is 0.571. The Hall–Kier alpha value is -0.860. The third-order valence-electron chi connectivity index (χ3n) is 2.74. The van der Waals surface area contributed by atoms with Crippen LogP contribution in [0.1, 0.15) is 31.9 Å². The summed E-state index contributed by atoms with van der Waals surface area (Å²) in [4.78, 5) is 0. The van der Waals surface area contributed by atoms with Gasteiger partial charge < -0.3 is 10.1 Å². The Balaban J connectivity index is 2.60. The summed E-state index contributed by atoms with van der Waals surface area (Å²) >= 11 is 0. The van der Waals surface area contributed by atoms with E-state index in [1.165, 1.54) is 5.56 Å². The van der Waals surface area contributed by atoms with Crippen molar-refractivity contribution >= 4 is 0 Å². The lowest BCUT2D eigenvalue weighted by Crippen LogP contribution is -2.24. The van der Waals surface area contributed by atoms with Gasteiger partial charge in [0.15, 0.2) is 0 Å². The van der Waals surface area contributed by atoms with Crippen LogP contribution in [0.4, 0.5) is 0 Å². The maximum atomic E-state index is 5.19. The van der Waals surface area contributed by atoms with E-state index in [0.717, 1.165) is 19.6 Å². The molecule has 0 spiro atoms. The van der Waals surface area contributed by atoms with Crippen molar-refractivity contribution in [2.24, 2.45) is 5.92 Å². The molecule has 0 aliphatic heterocycles. The first-order chi connectivity index (χ1) is 7.77. The summed E-state index contributed by atoms with van der Waals surface area (Å²) in [5.74, 6) is 0.578. The van der Waals surface area contributed by atoms with Crippen molar-refractivity contribution in [2.45, 2.75) is 26.3 Å². The van der Waals surface area contributed by atoms with Crippen LogP contribution in [-0.4, -0.2) is 20.3 Å². The van der Waals surface area contributed by atoms with Gasteiger partial charge in [-0.05, 0) is 24.4 Å². The largest absolute Gasteiger partial charge is 0.384 e. The summed E-state index contributed by atoms with van der Waals surface area (Å²) in [5, 5.41) is 3.53. The maximum absolute atomic E-state index is 5.19. The summed E-state index contributed by atoms with van der Waals surface area (Å²) in [6.45, 7) is 6.21. The monoisotopic (exact) mass is 221 g/mol. The highest BCUT2D eigenvalue weighted by Crippen LogP contribution is 2.21.